The van der Waals surface area contributed by atoms with Crippen LogP contribution in [0.25, 0.3) is 0 Å². The molecule has 20 nitrogen and oxygen atoms in total. The van der Waals surface area contributed by atoms with Crippen LogP contribution in [0.15, 0.2) is 0 Å². The third-order valence-electron chi connectivity index (χ3n) is 20.2. The van der Waals surface area contributed by atoms with Crippen LogP contribution in [0.4, 0.5) is 0 Å². The molecule has 390 valence electrons. The van der Waals surface area contributed by atoms with Gasteiger partial charge in [0.1, 0.15) is 84.6 Å². The number of Topliss-reactive ketones (excluding diaryl/α,β-unsaturated/α-hetero) is 1. The maximum absolute atomic E-state index is 14.6. The van der Waals surface area contributed by atoms with E-state index in [-0.39, 0.29) is 64.1 Å². The van der Waals surface area contributed by atoms with Crippen LogP contribution in [0, 0.1) is 50.7 Å². The van der Waals surface area contributed by atoms with Gasteiger partial charge in [0.25, 0.3) is 0 Å². The van der Waals surface area contributed by atoms with E-state index < -0.39 is 141 Å². The Morgan fingerprint density at radius 1 is 0.618 bits per heavy atom. The first-order valence-electron chi connectivity index (χ1n) is 24.9. The fourth-order valence-electron chi connectivity index (χ4n) is 16.2. The summed E-state index contributed by atoms with van der Waals surface area (Å²) < 4.78 is 42.4. The van der Waals surface area contributed by atoms with Crippen LogP contribution in [0.5, 0.6) is 0 Å². The Balaban J connectivity index is 0.885. The first-order chi connectivity index (χ1) is 31.9. The standard InChI is InChI=1S/C48H78O20/c1-20(22-13-28(53)46(6,68-22)19-62-40-37(60)34(57)31(54)23(15-49)63-40)30-21(52)14-45(5)27-8-7-26-43(2,3)29(9-10-47(26)18-48(27,47)12-11-44(30,45)4)66-42-39(36(59)33(56)25(17-51)65-42)67-41-38(61)35(58)32(55)24(16-50)64-41/h20,22-42,49-51,53-61H,7-19H2,1-6H3/t20-,22+,23-,24-,25-,26+,27-,28+,29-,30-,31-,32-,33-,34+,35+,36+,37-,38-,39-,40-,41+,42+,44-,45-,46+,47-,48+/m0/s1. The molecule has 9 rings (SSSR count). The molecule has 68 heavy (non-hydrogen) atoms. The number of hydrogen-bond donors (Lipinski definition) is 12. The fraction of sp³-hybridized carbons (Fsp3) is 0.979. The van der Waals surface area contributed by atoms with Crippen LogP contribution in [0.2, 0.25) is 0 Å². The minimum Gasteiger partial charge on any atom is -0.394 e. The lowest BCUT2D eigenvalue weighted by Gasteiger charge is -2.63. The van der Waals surface area contributed by atoms with Crippen molar-refractivity contribution in [3.8, 4) is 0 Å². The summed E-state index contributed by atoms with van der Waals surface area (Å²) in [6.45, 7) is 10.6. The van der Waals surface area contributed by atoms with Gasteiger partial charge in [-0.05, 0) is 96.7 Å². The second kappa shape index (κ2) is 18.1. The van der Waals surface area contributed by atoms with E-state index >= 15 is 0 Å². The van der Waals surface area contributed by atoms with Crippen molar-refractivity contribution < 1.29 is 99.2 Å². The summed E-state index contributed by atoms with van der Waals surface area (Å²) in [5.74, 6) is 0.141. The van der Waals surface area contributed by atoms with Gasteiger partial charge in [0.2, 0.25) is 0 Å². The third kappa shape index (κ3) is 7.59. The molecule has 0 aromatic rings. The summed E-state index contributed by atoms with van der Waals surface area (Å²) in [4.78, 5) is 14.6. The molecular weight excluding hydrogens is 897 g/mol. The smallest absolute Gasteiger partial charge is 0.187 e. The lowest BCUT2D eigenvalue weighted by molar-refractivity contribution is -0.377. The predicted molar refractivity (Wildman–Crippen MR) is 231 cm³/mol. The Labute approximate surface area is 396 Å². The van der Waals surface area contributed by atoms with Gasteiger partial charge in [-0.2, -0.15) is 0 Å². The van der Waals surface area contributed by atoms with Crippen molar-refractivity contribution >= 4 is 5.78 Å². The normalized spacial score (nSPS) is 56.9. The molecule has 4 aliphatic heterocycles. The summed E-state index contributed by atoms with van der Waals surface area (Å²) >= 11 is 0. The Hall–Kier alpha value is -1.09. The quantitative estimate of drug-likeness (QED) is 0.0939. The van der Waals surface area contributed by atoms with E-state index in [4.69, 9.17) is 33.2 Å². The van der Waals surface area contributed by atoms with Gasteiger partial charge in [0.05, 0.1) is 44.7 Å². The van der Waals surface area contributed by atoms with Gasteiger partial charge in [0.15, 0.2) is 18.9 Å². The van der Waals surface area contributed by atoms with Crippen molar-refractivity contribution in [1.29, 1.82) is 0 Å². The van der Waals surface area contributed by atoms with Gasteiger partial charge in [-0.25, -0.2) is 0 Å². The van der Waals surface area contributed by atoms with Crippen molar-refractivity contribution in [3.05, 3.63) is 0 Å². The molecule has 0 radical (unpaired) electrons. The monoisotopic (exact) mass is 975 g/mol. The van der Waals surface area contributed by atoms with Gasteiger partial charge in [0, 0.05) is 18.8 Å². The average molecular weight is 975 g/mol. The van der Waals surface area contributed by atoms with E-state index in [9.17, 15) is 66.1 Å². The molecule has 4 saturated heterocycles. The average Bonchev–Trinajstić information content (AvgIpc) is 3.79. The zero-order valence-corrected chi connectivity index (χ0v) is 40.0. The summed E-state index contributed by atoms with van der Waals surface area (Å²) in [6.07, 6.45) is -17.8. The van der Waals surface area contributed by atoms with Crippen molar-refractivity contribution in [2.24, 2.45) is 50.7 Å². The number of ketones is 1. The van der Waals surface area contributed by atoms with Gasteiger partial charge < -0.3 is 94.4 Å². The van der Waals surface area contributed by atoms with Gasteiger partial charge >= 0.3 is 0 Å². The van der Waals surface area contributed by atoms with E-state index in [1.807, 2.05) is 6.92 Å². The summed E-state index contributed by atoms with van der Waals surface area (Å²) in [5.41, 5.74) is -2.32. The molecular formula is C48H78O20. The summed E-state index contributed by atoms with van der Waals surface area (Å²) in [6, 6.07) is 0. The van der Waals surface area contributed by atoms with Crippen LogP contribution in [-0.2, 0) is 38.0 Å². The molecule has 0 aromatic heterocycles. The molecule has 0 bridgehead atoms. The fourth-order valence-corrected chi connectivity index (χ4v) is 16.2. The number of fused-ring (bicyclic) bond motifs is 2. The lowest BCUT2D eigenvalue weighted by atomic mass is 9.41. The number of rotatable bonds is 12. The van der Waals surface area contributed by atoms with Crippen LogP contribution < -0.4 is 0 Å². The van der Waals surface area contributed by atoms with Gasteiger partial charge in [-0.1, -0.05) is 34.6 Å². The van der Waals surface area contributed by atoms with Crippen molar-refractivity contribution in [2.75, 3.05) is 26.4 Å². The first kappa shape index (κ1) is 51.8. The van der Waals surface area contributed by atoms with E-state index in [2.05, 4.69) is 27.7 Å². The van der Waals surface area contributed by atoms with Gasteiger partial charge in [-0.15, -0.1) is 0 Å². The SMILES string of the molecule is C[C@H]([C@H]1C(=O)C[C@@]2(C)[C@@H]3CC[C@@H]4C(C)(C)[C@@H](O[C@H]5O[C@@H](CO)[C@H](O)[C@@H](O)[C@@H]5O[C@H]5O[C@@H](CO)[C@H](O)[C@@H](O)[C@@H]5O)CC[C@]45C[C@]35CC[C@@]12C)[C@H]1C[C@@H](O)[C@@](C)(CO[C@H]2O[C@@H](CO)[C@H](O)[C@@H](O)[C@@H]2O)O1. The maximum Gasteiger partial charge on any atom is 0.187 e. The highest BCUT2D eigenvalue weighted by molar-refractivity contribution is 5.86. The Bertz CT molecular complexity index is 1840. The van der Waals surface area contributed by atoms with Crippen molar-refractivity contribution in [2.45, 2.75) is 215 Å². The topological polar surface area (TPSA) is 324 Å². The van der Waals surface area contributed by atoms with E-state index in [1.54, 1.807) is 6.92 Å². The van der Waals surface area contributed by atoms with Crippen LogP contribution >= 0.6 is 0 Å². The van der Waals surface area contributed by atoms with Gasteiger partial charge in [-0.3, -0.25) is 4.79 Å². The molecule has 9 aliphatic rings. The highest BCUT2D eigenvalue weighted by atomic mass is 16.8. The minimum absolute atomic E-state index is 0.000792. The number of hydrogen-bond acceptors (Lipinski definition) is 20. The molecule has 20 heteroatoms. The molecule has 0 unspecified atom stereocenters. The Morgan fingerprint density at radius 2 is 1.16 bits per heavy atom. The second-order valence-corrected chi connectivity index (χ2v) is 23.7. The molecule has 0 amide bonds. The molecule has 5 aliphatic carbocycles. The molecule has 27 atom stereocenters. The number of carbonyl (C=O) groups is 1. The van der Waals surface area contributed by atoms with E-state index in [0.717, 1.165) is 38.5 Å². The third-order valence-corrected chi connectivity index (χ3v) is 20.2. The van der Waals surface area contributed by atoms with Crippen LogP contribution in [-0.4, -0.2) is 210 Å². The van der Waals surface area contributed by atoms with E-state index in [0.29, 0.717) is 12.8 Å². The van der Waals surface area contributed by atoms with Crippen LogP contribution in [0.1, 0.15) is 99.3 Å². The van der Waals surface area contributed by atoms with Crippen molar-refractivity contribution in [3.63, 3.8) is 0 Å². The zero-order chi connectivity index (χ0) is 49.4. The van der Waals surface area contributed by atoms with Crippen molar-refractivity contribution in [1.82, 2.24) is 0 Å². The Morgan fingerprint density at radius 3 is 1.78 bits per heavy atom. The largest absolute Gasteiger partial charge is 0.394 e. The molecule has 0 aromatic carbocycles. The maximum atomic E-state index is 14.6. The number of aliphatic hydroxyl groups excluding tert-OH is 12. The summed E-state index contributed by atoms with van der Waals surface area (Å²) in [7, 11) is 0. The summed E-state index contributed by atoms with van der Waals surface area (Å²) in [5, 5.41) is 126. The van der Waals surface area contributed by atoms with Crippen LogP contribution in [0.3, 0.4) is 0 Å². The zero-order valence-electron chi connectivity index (χ0n) is 40.0. The highest BCUT2D eigenvalue weighted by Gasteiger charge is 2.83. The first-order valence-corrected chi connectivity index (χ1v) is 24.9. The molecule has 5 saturated carbocycles. The lowest BCUT2D eigenvalue weighted by Crippen LogP contribution is -2.65. The number of carbonyl (C=O) groups excluding carboxylic acids is 1. The predicted octanol–water partition coefficient (Wildman–Crippen LogP) is -2.03. The minimum atomic E-state index is -1.78. The molecule has 4 heterocycles. The number of ether oxygens (including phenoxy) is 7. The Kier molecular flexibility index (Phi) is 13.8. The van der Waals surface area contributed by atoms with E-state index in [1.165, 1.54) is 0 Å². The number of aliphatic hydroxyl groups is 12. The molecule has 9 fully saturated rings. The molecule has 2 spiro atoms. The molecule has 12 N–H and O–H groups in total. The second-order valence-electron chi connectivity index (χ2n) is 23.7. The highest BCUT2D eigenvalue weighted by Crippen LogP contribution is 2.89.